The van der Waals surface area contributed by atoms with E-state index in [0.29, 0.717) is 0 Å². The third kappa shape index (κ3) is 4.34. The number of nitrogens with zero attached hydrogens (tertiary/aromatic N) is 3. The van der Waals surface area contributed by atoms with Crippen molar-refractivity contribution in [3.8, 4) is 5.75 Å². The first-order valence-corrected chi connectivity index (χ1v) is 7.27. The normalized spacial score (nSPS) is 17.6. The predicted octanol–water partition coefficient (Wildman–Crippen LogP) is 1.76. The standard InChI is InChI=1S/C14H22ClN3O/c1-12-9-14(19-2)10-13(16-12)11-18-7-5-17(4-3-15)6-8-18/h9-10H,3-8,11H2,1-2H3. The van der Waals surface area contributed by atoms with E-state index in [9.17, 15) is 0 Å². The number of halogens is 1. The van der Waals surface area contributed by atoms with Crippen molar-refractivity contribution in [1.29, 1.82) is 0 Å². The molecule has 1 aromatic rings. The van der Waals surface area contributed by atoms with Crippen molar-refractivity contribution in [3.05, 3.63) is 23.5 Å². The highest BCUT2D eigenvalue weighted by Crippen LogP contribution is 2.15. The second-order valence-electron chi connectivity index (χ2n) is 4.95. The molecule has 2 heterocycles. The number of aromatic nitrogens is 1. The minimum absolute atomic E-state index is 0.719. The zero-order valence-corrected chi connectivity index (χ0v) is 12.5. The molecular formula is C14H22ClN3O. The van der Waals surface area contributed by atoms with Gasteiger partial charge in [0.15, 0.2) is 0 Å². The number of pyridine rings is 1. The van der Waals surface area contributed by atoms with Crippen molar-refractivity contribution in [2.75, 3.05) is 45.7 Å². The number of ether oxygens (including phenoxy) is 1. The highest BCUT2D eigenvalue weighted by atomic mass is 35.5. The quantitative estimate of drug-likeness (QED) is 0.770. The molecule has 0 spiro atoms. The van der Waals surface area contributed by atoms with Crippen LogP contribution >= 0.6 is 11.6 Å². The molecule has 4 nitrogen and oxygen atoms in total. The predicted molar refractivity (Wildman–Crippen MR) is 78.0 cm³/mol. The van der Waals surface area contributed by atoms with Gasteiger partial charge in [-0.3, -0.25) is 14.8 Å². The van der Waals surface area contributed by atoms with Crippen LogP contribution in [0.5, 0.6) is 5.75 Å². The SMILES string of the molecule is COc1cc(C)nc(CN2CCN(CCCl)CC2)c1. The molecule has 1 fully saturated rings. The number of piperazine rings is 1. The Morgan fingerprint density at radius 3 is 2.53 bits per heavy atom. The molecule has 0 atom stereocenters. The molecule has 0 amide bonds. The van der Waals surface area contributed by atoms with E-state index in [1.807, 2.05) is 19.1 Å². The van der Waals surface area contributed by atoms with Gasteiger partial charge in [0.2, 0.25) is 0 Å². The Labute approximate surface area is 120 Å². The van der Waals surface area contributed by atoms with Crippen molar-refractivity contribution in [2.24, 2.45) is 0 Å². The Balaban J connectivity index is 1.90. The molecule has 0 aromatic carbocycles. The molecule has 106 valence electrons. The average Bonchev–Trinajstić information content (AvgIpc) is 2.40. The monoisotopic (exact) mass is 283 g/mol. The van der Waals surface area contributed by atoms with Gasteiger partial charge in [-0.2, -0.15) is 0 Å². The minimum Gasteiger partial charge on any atom is -0.497 e. The van der Waals surface area contributed by atoms with E-state index in [4.69, 9.17) is 16.3 Å². The zero-order chi connectivity index (χ0) is 13.7. The summed E-state index contributed by atoms with van der Waals surface area (Å²) in [5.41, 5.74) is 2.10. The van der Waals surface area contributed by atoms with Gasteiger partial charge in [0, 0.05) is 63.0 Å². The van der Waals surface area contributed by atoms with Crippen LogP contribution in [0.3, 0.4) is 0 Å². The summed E-state index contributed by atoms with van der Waals surface area (Å²) >= 11 is 5.77. The van der Waals surface area contributed by atoms with Crippen molar-refractivity contribution in [1.82, 2.24) is 14.8 Å². The van der Waals surface area contributed by atoms with Crippen molar-refractivity contribution < 1.29 is 4.74 Å². The van der Waals surface area contributed by atoms with Crippen molar-refractivity contribution >= 4 is 11.6 Å². The Hall–Kier alpha value is -0.840. The second-order valence-corrected chi connectivity index (χ2v) is 5.32. The first-order chi connectivity index (χ1) is 9.21. The van der Waals surface area contributed by atoms with Crippen LogP contribution in [-0.2, 0) is 6.54 Å². The smallest absolute Gasteiger partial charge is 0.122 e. The molecule has 19 heavy (non-hydrogen) atoms. The van der Waals surface area contributed by atoms with Crippen LogP contribution in [0.2, 0.25) is 0 Å². The molecule has 5 heteroatoms. The Morgan fingerprint density at radius 2 is 1.89 bits per heavy atom. The zero-order valence-electron chi connectivity index (χ0n) is 11.7. The summed E-state index contributed by atoms with van der Waals surface area (Å²) < 4.78 is 5.29. The van der Waals surface area contributed by atoms with Crippen molar-refractivity contribution in [2.45, 2.75) is 13.5 Å². The van der Waals surface area contributed by atoms with Crippen LogP contribution in [0.15, 0.2) is 12.1 Å². The Morgan fingerprint density at radius 1 is 1.21 bits per heavy atom. The number of aryl methyl sites for hydroxylation is 1. The first-order valence-electron chi connectivity index (χ1n) is 6.73. The van der Waals surface area contributed by atoms with Crippen LogP contribution in [0.1, 0.15) is 11.4 Å². The van der Waals surface area contributed by atoms with Gasteiger partial charge in [-0.05, 0) is 6.92 Å². The highest BCUT2D eigenvalue weighted by Gasteiger charge is 2.17. The van der Waals surface area contributed by atoms with Crippen LogP contribution in [-0.4, -0.2) is 60.5 Å². The fraction of sp³-hybridized carbons (Fsp3) is 0.643. The van der Waals surface area contributed by atoms with Gasteiger partial charge in [-0.25, -0.2) is 0 Å². The van der Waals surface area contributed by atoms with E-state index in [1.54, 1.807) is 7.11 Å². The molecule has 2 rings (SSSR count). The lowest BCUT2D eigenvalue weighted by atomic mass is 10.2. The number of rotatable bonds is 5. The maximum absolute atomic E-state index is 5.77. The maximum atomic E-state index is 5.77. The summed E-state index contributed by atoms with van der Waals surface area (Å²) in [4.78, 5) is 9.42. The summed E-state index contributed by atoms with van der Waals surface area (Å²) in [6, 6.07) is 3.99. The van der Waals surface area contributed by atoms with Gasteiger partial charge in [-0.15, -0.1) is 11.6 Å². The first kappa shape index (κ1) is 14.6. The number of alkyl halides is 1. The molecule has 1 aromatic heterocycles. The largest absolute Gasteiger partial charge is 0.497 e. The lowest BCUT2D eigenvalue weighted by Gasteiger charge is -2.34. The van der Waals surface area contributed by atoms with Crippen LogP contribution in [0.25, 0.3) is 0 Å². The molecule has 0 bridgehead atoms. The molecule has 0 saturated carbocycles. The van der Waals surface area contributed by atoms with E-state index in [2.05, 4.69) is 14.8 Å². The fourth-order valence-electron chi connectivity index (χ4n) is 2.42. The van der Waals surface area contributed by atoms with Crippen LogP contribution < -0.4 is 4.74 Å². The summed E-state index contributed by atoms with van der Waals surface area (Å²) in [5, 5.41) is 0. The number of methoxy groups -OCH3 is 1. The maximum Gasteiger partial charge on any atom is 0.122 e. The topological polar surface area (TPSA) is 28.6 Å². The third-order valence-electron chi connectivity index (χ3n) is 3.47. The van der Waals surface area contributed by atoms with E-state index in [-0.39, 0.29) is 0 Å². The molecule has 1 aliphatic rings. The Kier molecular flexibility index (Phi) is 5.43. The second kappa shape index (κ2) is 7.08. The van der Waals surface area contributed by atoms with E-state index < -0.39 is 0 Å². The van der Waals surface area contributed by atoms with Gasteiger partial charge in [0.25, 0.3) is 0 Å². The van der Waals surface area contributed by atoms with Crippen molar-refractivity contribution in [3.63, 3.8) is 0 Å². The van der Waals surface area contributed by atoms with Gasteiger partial charge in [-0.1, -0.05) is 0 Å². The van der Waals surface area contributed by atoms with Crippen LogP contribution in [0, 0.1) is 6.92 Å². The van der Waals surface area contributed by atoms with E-state index in [0.717, 1.165) is 62.3 Å². The molecule has 0 radical (unpaired) electrons. The lowest BCUT2D eigenvalue weighted by Crippen LogP contribution is -2.46. The third-order valence-corrected chi connectivity index (χ3v) is 3.64. The summed E-state index contributed by atoms with van der Waals surface area (Å²) in [6.07, 6.45) is 0. The lowest BCUT2D eigenvalue weighted by molar-refractivity contribution is 0.131. The molecule has 0 aliphatic carbocycles. The summed E-state index contributed by atoms with van der Waals surface area (Å²) in [5.74, 6) is 1.61. The van der Waals surface area contributed by atoms with Gasteiger partial charge in [0.05, 0.1) is 12.8 Å². The average molecular weight is 284 g/mol. The molecule has 0 N–H and O–H groups in total. The molecule has 0 unspecified atom stereocenters. The number of hydrogen-bond donors (Lipinski definition) is 0. The van der Waals surface area contributed by atoms with Gasteiger partial charge >= 0.3 is 0 Å². The highest BCUT2D eigenvalue weighted by molar-refractivity contribution is 6.18. The van der Waals surface area contributed by atoms with E-state index >= 15 is 0 Å². The van der Waals surface area contributed by atoms with E-state index in [1.165, 1.54) is 0 Å². The minimum atomic E-state index is 0.719. The number of hydrogen-bond acceptors (Lipinski definition) is 4. The molecule has 1 aliphatic heterocycles. The molecule has 1 saturated heterocycles. The summed E-state index contributed by atoms with van der Waals surface area (Å²) in [7, 11) is 1.70. The van der Waals surface area contributed by atoms with Gasteiger partial charge < -0.3 is 4.74 Å². The van der Waals surface area contributed by atoms with Gasteiger partial charge in [0.1, 0.15) is 5.75 Å². The summed E-state index contributed by atoms with van der Waals surface area (Å²) in [6.45, 7) is 8.23. The van der Waals surface area contributed by atoms with Crippen LogP contribution in [0.4, 0.5) is 0 Å². The Bertz CT molecular complexity index is 406. The fourth-order valence-corrected chi connectivity index (χ4v) is 2.66. The molecular weight excluding hydrogens is 262 g/mol.